The monoisotopic (exact) mass is 462 g/mol. The summed E-state index contributed by atoms with van der Waals surface area (Å²) in [5, 5.41) is 0. The Labute approximate surface area is 201 Å². The second kappa shape index (κ2) is 12.0. The van der Waals surface area contributed by atoms with Crippen LogP contribution in [0.25, 0.3) is 0 Å². The van der Waals surface area contributed by atoms with Gasteiger partial charge in [0.25, 0.3) is 0 Å². The van der Waals surface area contributed by atoms with Crippen LogP contribution in [-0.4, -0.2) is 43.0 Å². The van der Waals surface area contributed by atoms with Crippen LogP contribution in [0.3, 0.4) is 0 Å². The summed E-state index contributed by atoms with van der Waals surface area (Å²) < 4.78 is 20.8. The molecule has 0 radical (unpaired) electrons. The predicted octanol–water partition coefficient (Wildman–Crippen LogP) is 4.62. The van der Waals surface area contributed by atoms with Crippen LogP contribution in [0.5, 0.6) is 5.75 Å². The summed E-state index contributed by atoms with van der Waals surface area (Å²) in [7, 11) is 4.08. The lowest BCUT2D eigenvalue weighted by molar-refractivity contribution is -0.182. The number of ether oxygens (including phenoxy) is 3. The van der Waals surface area contributed by atoms with Gasteiger partial charge in [-0.05, 0) is 44.5 Å². The Morgan fingerprint density at radius 1 is 1.03 bits per heavy atom. The molecule has 0 N–H and O–H groups in total. The van der Waals surface area contributed by atoms with Crippen molar-refractivity contribution in [2.24, 2.45) is 0 Å². The van der Waals surface area contributed by atoms with Gasteiger partial charge in [0.2, 0.25) is 5.43 Å². The maximum Gasteiger partial charge on any atom is 0.223 e. The van der Waals surface area contributed by atoms with Gasteiger partial charge in [0, 0.05) is 32.0 Å². The second-order valence-corrected chi connectivity index (χ2v) is 8.89. The molecule has 2 unspecified atom stereocenters. The quantitative estimate of drug-likeness (QED) is 0.440. The van der Waals surface area contributed by atoms with Gasteiger partial charge in [-0.2, -0.15) is 0 Å². The minimum atomic E-state index is -0.494. The highest BCUT2D eigenvalue weighted by atomic mass is 16.7. The lowest BCUT2D eigenvalue weighted by Crippen LogP contribution is -2.29. The molecule has 0 amide bonds. The topological polar surface area (TPSA) is 52.9 Å². The molecule has 34 heavy (non-hydrogen) atoms. The third kappa shape index (κ3) is 6.35. The predicted molar refractivity (Wildman–Crippen MR) is 133 cm³/mol. The summed E-state index contributed by atoms with van der Waals surface area (Å²) in [5.74, 6) is 0.328. The van der Waals surface area contributed by atoms with Gasteiger partial charge in [0.15, 0.2) is 12.0 Å². The SMILES string of the molecule is CN(C)CCn1ccc(=O)c(OCc2ccccc2)c1C(OC1CCCCO1)c1ccccc1. The number of hydrogen-bond acceptors (Lipinski definition) is 5. The van der Waals surface area contributed by atoms with E-state index in [2.05, 4.69) is 9.47 Å². The maximum atomic E-state index is 13.1. The first-order valence-electron chi connectivity index (χ1n) is 12.0. The molecular formula is C28H34N2O4. The molecule has 0 saturated carbocycles. The number of rotatable bonds is 10. The van der Waals surface area contributed by atoms with Gasteiger partial charge in [-0.15, -0.1) is 0 Å². The zero-order valence-corrected chi connectivity index (χ0v) is 20.1. The van der Waals surface area contributed by atoms with Crippen LogP contribution in [-0.2, 0) is 22.6 Å². The van der Waals surface area contributed by atoms with Gasteiger partial charge >= 0.3 is 0 Å². The summed E-state index contributed by atoms with van der Waals surface area (Å²) in [6.45, 7) is 2.51. The van der Waals surface area contributed by atoms with Gasteiger partial charge in [-0.25, -0.2) is 0 Å². The Kier molecular flexibility index (Phi) is 8.52. The van der Waals surface area contributed by atoms with Crippen LogP contribution in [0.2, 0.25) is 0 Å². The van der Waals surface area contributed by atoms with Crippen LogP contribution < -0.4 is 10.2 Å². The van der Waals surface area contributed by atoms with Crippen LogP contribution in [0, 0.1) is 0 Å². The molecule has 3 aromatic rings. The van der Waals surface area contributed by atoms with Crippen molar-refractivity contribution < 1.29 is 14.2 Å². The Hall–Kier alpha value is -2.93. The summed E-state index contributed by atoms with van der Waals surface area (Å²) in [5.41, 5.74) is 2.54. The Balaban J connectivity index is 1.77. The molecule has 1 fully saturated rings. The lowest BCUT2D eigenvalue weighted by Gasteiger charge is -2.31. The molecule has 0 aliphatic carbocycles. The van der Waals surface area contributed by atoms with E-state index >= 15 is 0 Å². The molecule has 6 nitrogen and oxygen atoms in total. The molecule has 1 aliphatic heterocycles. The summed E-state index contributed by atoms with van der Waals surface area (Å²) >= 11 is 0. The van der Waals surface area contributed by atoms with Gasteiger partial charge in [-0.3, -0.25) is 4.79 Å². The minimum Gasteiger partial charge on any atom is -0.483 e. The lowest BCUT2D eigenvalue weighted by atomic mass is 10.0. The second-order valence-electron chi connectivity index (χ2n) is 8.89. The smallest absolute Gasteiger partial charge is 0.223 e. The average Bonchev–Trinajstić information content (AvgIpc) is 2.87. The van der Waals surface area contributed by atoms with Gasteiger partial charge < -0.3 is 23.7 Å². The van der Waals surface area contributed by atoms with Crippen molar-refractivity contribution in [1.82, 2.24) is 9.47 Å². The van der Waals surface area contributed by atoms with E-state index < -0.39 is 6.10 Å². The highest BCUT2D eigenvalue weighted by Crippen LogP contribution is 2.34. The highest BCUT2D eigenvalue weighted by molar-refractivity contribution is 5.37. The number of likely N-dealkylation sites (N-methyl/N-ethyl adjacent to an activating group) is 1. The third-order valence-corrected chi connectivity index (χ3v) is 5.96. The largest absolute Gasteiger partial charge is 0.483 e. The van der Waals surface area contributed by atoms with E-state index in [1.54, 1.807) is 6.07 Å². The van der Waals surface area contributed by atoms with Gasteiger partial charge in [0.05, 0.1) is 5.69 Å². The fourth-order valence-electron chi connectivity index (χ4n) is 4.12. The molecular weight excluding hydrogens is 428 g/mol. The summed E-state index contributed by atoms with van der Waals surface area (Å²) in [6.07, 6.45) is 3.96. The first-order chi connectivity index (χ1) is 16.6. The molecule has 2 atom stereocenters. The molecule has 180 valence electrons. The van der Waals surface area contributed by atoms with Gasteiger partial charge in [-0.1, -0.05) is 60.7 Å². The van der Waals surface area contributed by atoms with Crippen LogP contribution >= 0.6 is 0 Å². The molecule has 1 aromatic heterocycles. The zero-order valence-electron chi connectivity index (χ0n) is 20.1. The zero-order chi connectivity index (χ0) is 23.8. The normalized spacial score (nSPS) is 17.0. The van der Waals surface area contributed by atoms with E-state index in [9.17, 15) is 4.79 Å². The van der Waals surface area contributed by atoms with Crippen molar-refractivity contribution in [3.8, 4) is 5.75 Å². The van der Waals surface area contributed by atoms with Crippen LogP contribution in [0.15, 0.2) is 77.7 Å². The van der Waals surface area contributed by atoms with Crippen LogP contribution in [0.4, 0.5) is 0 Å². The fraction of sp³-hybridized carbons (Fsp3) is 0.393. The van der Waals surface area contributed by atoms with Crippen molar-refractivity contribution in [3.63, 3.8) is 0 Å². The third-order valence-electron chi connectivity index (χ3n) is 5.96. The summed E-state index contributed by atoms with van der Waals surface area (Å²) in [6, 6.07) is 21.5. The standard InChI is InChI=1S/C28H34N2O4/c1-29(2)18-19-30-17-16-24(31)28(33-21-22-11-5-3-6-12-22)26(30)27(23-13-7-4-8-14-23)34-25-15-9-10-20-32-25/h3-8,11-14,16-17,25,27H,9-10,15,18-21H2,1-2H3. The Morgan fingerprint density at radius 2 is 1.76 bits per heavy atom. The molecule has 1 aliphatic rings. The number of nitrogens with zero attached hydrogens (tertiary/aromatic N) is 2. The van der Waals surface area contributed by atoms with Gasteiger partial charge in [0.1, 0.15) is 12.7 Å². The van der Waals surface area contributed by atoms with Crippen molar-refractivity contribution in [2.75, 3.05) is 27.2 Å². The first-order valence-corrected chi connectivity index (χ1v) is 12.0. The maximum absolute atomic E-state index is 13.1. The van der Waals surface area contributed by atoms with Crippen LogP contribution in [0.1, 0.15) is 42.2 Å². The summed E-state index contributed by atoms with van der Waals surface area (Å²) in [4.78, 5) is 15.3. The number of pyridine rings is 1. The molecule has 2 aromatic carbocycles. The van der Waals surface area contributed by atoms with E-state index in [1.165, 1.54) is 0 Å². The number of benzene rings is 2. The number of hydrogen-bond donors (Lipinski definition) is 0. The Morgan fingerprint density at radius 3 is 2.44 bits per heavy atom. The molecule has 2 heterocycles. The van der Waals surface area contributed by atoms with E-state index in [-0.39, 0.29) is 11.7 Å². The molecule has 4 rings (SSSR count). The highest BCUT2D eigenvalue weighted by Gasteiger charge is 2.29. The number of aromatic nitrogens is 1. The van der Waals surface area contributed by atoms with Crippen molar-refractivity contribution in [1.29, 1.82) is 0 Å². The molecule has 0 bridgehead atoms. The van der Waals surface area contributed by atoms with E-state index in [1.807, 2.05) is 81.0 Å². The van der Waals surface area contributed by atoms with Crippen molar-refractivity contribution in [2.45, 2.75) is 44.8 Å². The Bertz CT molecular complexity index is 1080. The molecule has 0 spiro atoms. The van der Waals surface area contributed by atoms with Crippen molar-refractivity contribution in [3.05, 3.63) is 100.0 Å². The molecule has 6 heteroatoms. The van der Waals surface area contributed by atoms with E-state index in [4.69, 9.17) is 14.2 Å². The van der Waals surface area contributed by atoms with E-state index in [0.717, 1.165) is 42.6 Å². The van der Waals surface area contributed by atoms with E-state index in [0.29, 0.717) is 25.5 Å². The van der Waals surface area contributed by atoms with Crippen molar-refractivity contribution >= 4 is 0 Å². The molecule has 1 saturated heterocycles. The average molecular weight is 463 g/mol. The first kappa shape index (κ1) is 24.2. The minimum absolute atomic E-state index is 0.152. The fourth-order valence-corrected chi connectivity index (χ4v) is 4.12.